The normalized spacial score (nSPS) is 9.86. The number of hydrogen-bond donors (Lipinski definition) is 2. The van der Waals surface area contributed by atoms with E-state index in [9.17, 15) is 9.59 Å². The second kappa shape index (κ2) is 8.47. The zero-order valence-corrected chi connectivity index (χ0v) is 15.0. The summed E-state index contributed by atoms with van der Waals surface area (Å²) in [5.41, 5.74) is 3.05. The van der Waals surface area contributed by atoms with E-state index in [1.165, 1.54) is 13.3 Å². The predicted molar refractivity (Wildman–Crippen MR) is 104 cm³/mol. The first-order valence-electron chi connectivity index (χ1n) is 8.32. The number of rotatable bonds is 5. The van der Waals surface area contributed by atoms with Crippen LogP contribution in [-0.2, 0) is 4.74 Å². The average molecular weight is 372 g/mol. The zero-order valence-electron chi connectivity index (χ0n) is 15.0. The second-order valence-corrected chi connectivity index (χ2v) is 5.77. The number of carbonyl (C=O) groups is 2. The first kappa shape index (κ1) is 18.6. The van der Waals surface area contributed by atoms with Gasteiger partial charge >= 0.3 is 5.97 Å². The molecule has 28 heavy (non-hydrogen) atoms. The maximum atomic E-state index is 12.4. The van der Waals surface area contributed by atoms with Crippen molar-refractivity contribution in [3.63, 3.8) is 0 Å². The highest BCUT2D eigenvalue weighted by molar-refractivity contribution is 6.03. The molecule has 0 atom stereocenters. The van der Waals surface area contributed by atoms with Crippen LogP contribution in [-0.4, -0.2) is 24.0 Å². The predicted octanol–water partition coefficient (Wildman–Crippen LogP) is 3.74. The molecule has 3 aromatic rings. The van der Waals surface area contributed by atoms with Crippen LogP contribution in [0.15, 0.2) is 66.9 Å². The van der Waals surface area contributed by atoms with Gasteiger partial charge in [-0.1, -0.05) is 6.07 Å². The third kappa shape index (κ3) is 4.51. The van der Waals surface area contributed by atoms with Crippen LogP contribution in [0.2, 0.25) is 0 Å². The number of nitriles is 1. The van der Waals surface area contributed by atoms with Crippen molar-refractivity contribution in [2.75, 3.05) is 17.7 Å². The largest absolute Gasteiger partial charge is 0.465 e. The number of ether oxygens (including phenoxy) is 1. The van der Waals surface area contributed by atoms with Crippen molar-refractivity contribution < 1.29 is 14.3 Å². The third-order valence-corrected chi connectivity index (χ3v) is 3.84. The van der Waals surface area contributed by atoms with Gasteiger partial charge in [0.1, 0.15) is 5.69 Å². The molecule has 0 spiro atoms. The molecule has 0 saturated carbocycles. The maximum absolute atomic E-state index is 12.4. The van der Waals surface area contributed by atoms with E-state index in [-0.39, 0.29) is 11.6 Å². The Morgan fingerprint density at radius 2 is 1.79 bits per heavy atom. The molecule has 0 radical (unpaired) electrons. The van der Waals surface area contributed by atoms with Crippen LogP contribution >= 0.6 is 0 Å². The van der Waals surface area contributed by atoms with E-state index in [0.29, 0.717) is 22.5 Å². The molecule has 2 aromatic carbocycles. The maximum Gasteiger partial charge on any atom is 0.337 e. The quantitative estimate of drug-likeness (QED) is 0.661. The van der Waals surface area contributed by atoms with Gasteiger partial charge in [-0.15, -0.1) is 0 Å². The summed E-state index contributed by atoms with van der Waals surface area (Å²) in [6.45, 7) is 0. The van der Waals surface area contributed by atoms with Gasteiger partial charge < -0.3 is 15.4 Å². The Kier molecular flexibility index (Phi) is 5.63. The lowest BCUT2D eigenvalue weighted by molar-refractivity contribution is 0.0600. The molecule has 0 fully saturated rings. The fraction of sp³-hybridized carbons (Fsp3) is 0.0476. The van der Waals surface area contributed by atoms with Gasteiger partial charge in [0.15, 0.2) is 0 Å². The van der Waals surface area contributed by atoms with Crippen molar-refractivity contribution in [3.05, 3.63) is 83.7 Å². The first-order chi connectivity index (χ1) is 13.6. The minimum atomic E-state index is -0.408. The Bertz CT molecular complexity index is 1060. The van der Waals surface area contributed by atoms with Gasteiger partial charge in [0, 0.05) is 23.3 Å². The molecule has 0 aliphatic rings. The van der Waals surface area contributed by atoms with Crippen LogP contribution in [0.1, 0.15) is 26.4 Å². The summed E-state index contributed by atoms with van der Waals surface area (Å²) in [6, 6.07) is 18.8. The molecule has 7 heteroatoms. The van der Waals surface area contributed by atoms with Gasteiger partial charge in [-0.25, -0.2) is 4.79 Å². The monoisotopic (exact) mass is 372 g/mol. The van der Waals surface area contributed by atoms with Crippen LogP contribution in [0.4, 0.5) is 17.1 Å². The van der Waals surface area contributed by atoms with Crippen molar-refractivity contribution in [3.8, 4) is 6.07 Å². The highest BCUT2D eigenvalue weighted by atomic mass is 16.5. The number of aromatic nitrogens is 1. The first-order valence-corrected chi connectivity index (χ1v) is 8.32. The molecule has 2 N–H and O–H groups in total. The Morgan fingerprint density at radius 3 is 2.50 bits per heavy atom. The Labute approximate surface area is 161 Å². The fourth-order valence-electron chi connectivity index (χ4n) is 2.47. The number of benzene rings is 2. The van der Waals surface area contributed by atoms with Gasteiger partial charge in [0.2, 0.25) is 0 Å². The molecular formula is C21H16N4O3. The number of carbonyl (C=O) groups excluding carboxylic acids is 2. The lowest BCUT2D eigenvalue weighted by Crippen LogP contribution is -2.13. The number of amides is 1. The lowest BCUT2D eigenvalue weighted by atomic mass is 10.2. The minimum Gasteiger partial charge on any atom is -0.465 e. The van der Waals surface area contributed by atoms with Crippen LogP contribution in [0.3, 0.4) is 0 Å². The molecule has 3 rings (SSSR count). The topological polar surface area (TPSA) is 104 Å². The second-order valence-electron chi connectivity index (χ2n) is 5.77. The number of hydrogen-bond acceptors (Lipinski definition) is 6. The van der Waals surface area contributed by atoms with E-state index in [4.69, 9.17) is 5.26 Å². The number of anilines is 3. The van der Waals surface area contributed by atoms with E-state index >= 15 is 0 Å². The molecular weight excluding hydrogens is 356 g/mol. The van der Waals surface area contributed by atoms with Crippen molar-refractivity contribution >= 4 is 28.9 Å². The summed E-state index contributed by atoms with van der Waals surface area (Å²) in [5.74, 6) is -0.797. The molecule has 7 nitrogen and oxygen atoms in total. The number of nitrogens with one attached hydrogen (secondary N) is 2. The number of methoxy groups -OCH3 is 1. The Morgan fingerprint density at radius 1 is 1.00 bits per heavy atom. The van der Waals surface area contributed by atoms with Crippen molar-refractivity contribution in [2.24, 2.45) is 0 Å². The number of pyridine rings is 1. The smallest absolute Gasteiger partial charge is 0.337 e. The Balaban J connectivity index is 1.72. The van der Waals surface area contributed by atoms with E-state index in [1.807, 2.05) is 6.07 Å². The lowest BCUT2D eigenvalue weighted by Gasteiger charge is -2.09. The summed E-state index contributed by atoms with van der Waals surface area (Å²) in [5, 5.41) is 14.8. The minimum absolute atomic E-state index is 0.221. The average Bonchev–Trinajstić information content (AvgIpc) is 2.74. The fourth-order valence-corrected chi connectivity index (χ4v) is 2.47. The molecule has 0 bridgehead atoms. The van der Waals surface area contributed by atoms with Crippen molar-refractivity contribution in [2.45, 2.75) is 0 Å². The Hall–Kier alpha value is -4.18. The number of nitrogens with zero attached hydrogens (tertiary/aromatic N) is 2. The van der Waals surface area contributed by atoms with Gasteiger partial charge in [-0.05, 0) is 54.6 Å². The van der Waals surface area contributed by atoms with E-state index in [0.717, 1.165) is 5.69 Å². The molecule has 0 saturated heterocycles. The third-order valence-electron chi connectivity index (χ3n) is 3.84. The van der Waals surface area contributed by atoms with E-state index in [1.54, 1.807) is 60.7 Å². The summed E-state index contributed by atoms with van der Waals surface area (Å²) in [4.78, 5) is 28.0. The van der Waals surface area contributed by atoms with Crippen LogP contribution in [0, 0.1) is 11.3 Å². The molecule has 1 heterocycles. The van der Waals surface area contributed by atoms with Gasteiger partial charge in [0.05, 0.1) is 24.3 Å². The van der Waals surface area contributed by atoms with Crippen LogP contribution < -0.4 is 10.6 Å². The summed E-state index contributed by atoms with van der Waals surface area (Å²) in [7, 11) is 1.33. The molecule has 1 amide bonds. The van der Waals surface area contributed by atoms with Gasteiger partial charge in [-0.2, -0.15) is 5.26 Å². The van der Waals surface area contributed by atoms with Crippen LogP contribution in [0.25, 0.3) is 0 Å². The van der Waals surface area contributed by atoms with Crippen molar-refractivity contribution in [1.82, 2.24) is 4.98 Å². The summed E-state index contributed by atoms with van der Waals surface area (Å²) in [6.07, 6.45) is 1.52. The number of esters is 1. The highest BCUT2D eigenvalue weighted by Crippen LogP contribution is 2.18. The summed E-state index contributed by atoms with van der Waals surface area (Å²) < 4.78 is 4.67. The van der Waals surface area contributed by atoms with E-state index < -0.39 is 5.97 Å². The molecule has 1 aromatic heterocycles. The zero-order chi connectivity index (χ0) is 19.9. The van der Waals surface area contributed by atoms with Gasteiger partial charge in [0.25, 0.3) is 5.91 Å². The van der Waals surface area contributed by atoms with Gasteiger partial charge in [-0.3, -0.25) is 9.78 Å². The van der Waals surface area contributed by atoms with Crippen LogP contribution in [0.5, 0.6) is 0 Å². The van der Waals surface area contributed by atoms with Crippen molar-refractivity contribution in [1.29, 1.82) is 5.26 Å². The highest BCUT2D eigenvalue weighted by Gasteiger charge is 2.10. The molecule has 0 aliphatic carbocycles. The molecule has 0 aliphatic heterocycles. The molecule has 138 valence electrons. The summed E-state index contributed by atoms with van der Waals surface area (Å²) >= 11 is 0. The van der Waals surface area contributed by atoms with E-state index in [2.05, 4.69) is 20.4 Å². The molecule has 0 unspecified atom stereocenters. The standard InChI is InChI=1S/C21H16N4O3/c1-28-21(27)15-5-7-16(8-6-15)24-18-9-10-23-19(12-18)20(26)25-17-4-2-3-14(11-17)13-22/h2-12H,1H3,(H,23,24)(H,25,26). The SMILES string of the molecule is COC(=O)c1ccc(Nc2ccnc(C(=O)Nc3cccc(C#N)c3)c2)cc1.